The zero-order valence-corrected chi connectivity index (χ0v) is 12.7. The summed E-state index contributed by atoms with van der Waals surface area (Å²) >= 11 is 11.9. The fourth-order valence-corrected chi connectivity index (χ4v) is 2.49. The van der Waals surface area contributed by atoms with E-state index in [-0.39, 0.29) is 0 Å². The van der Waals surface area contributed by atoms with E-state index in [0.717, 1.165) is 11.8 Å². The molecule has 0 atom stereocenters. The van der Waals surface area contributed by atoms with Crippen molar-refractivity contribution in [2.75, 3.05) is 0 Å². The molecule has 0 saturated carbocycles. The lowest BCUT2D eigenvalue weighted by atomic mass is 10.1. The largest absolute Gasteiger partial charge is 0.457 e. The van der Waals surface area contributed by atoms with E-state index in [1.54, 1.807) is 24.3 Å². The summed E-state index contributed by atoms with van der Waals surface area (Å²) in [7, 11) is 0. The Bertz CT molecular complexity index is 812. The van der Waals surface area contributed by atoms with Gasteiger partial charge in [-0.25, -0.2) is 0 Å². The molecule has 0 spiro atoms. The second-order valence-corrected chi connectivity index (χ2v) is 5.31. The number of H-pyrrole nitrogens is 1. The zero-order chi connectivity index (χ0) is 15.5. The fourth-order valence-electron chi connectivity index (χ4n) is 1.98. The van der Waals surface area contributed by atoms with Crippen molar-refractivity contribution < 1.29 is 4.74 Å². The second-order valence-electron chi connectivity index (χ2n) is 4.44. The molecule has 0 aliphatic carbocycles. The van der Waals surface area contributed by atoms with Gasteiger partial charge >= 0.3 is 0 Å². The molecule has 3 aromatic rings. The van der Waals surface area contributed by atoms with E-state index in [1.165, 1.54) is 0 Å². The number of ether oxygens (including phenoxy) is 1. The van der Waals surface area contributed by atoms with E-state index >= 15 is 0 Å². The average molecular weight is 333 g/mol. The highest BCUT2D eigenvalue weighted by Gasteiger charge is 2.09. The Balaban J connectivity index is 1.93. The molecule has 0 fully saturated rings. The van der Waals surface area contributed by atoms with Crippen LogP contribution < -0.4 is 4.74 Å². The Morgan fingerprint density at radius 2 is 1.77 bits per heavy atom. The molecule has 0 amide bonds. The summed E-state index contributed by atoms with van der Waals surface area (Å²) in [6.07, 6.45) is 1.14. The quantitative estimate of drug-likeness (QED) is 0.687. The van der Waals surface area contributed by atoms with E-state index in [1.807, 2.05) is 18.2 Å². The van der Waals surface area contributed by atoms with Gasteiger partial charge in [-0.15, -0.1) is 0 Å². The van der Waals surface area contributed by atoms with E-state index < -0.39 is 0 Å². The van der Waals surface area contributed by atoms with Gasteiger partial charge in [-0.05, 0) is 30.3 Å². The van der Waals surface area contributed by atoms with Gasteiger partial charge < -0.3 is 10.1 Å². The van der Waals surface area contributed by atoms with Crippen molar-refractivity contribution in [1.29, 1.82) is 5.41 Å². The van der Waals surface area contributed by atoms with Gasteiger partial charge in [-0.3, -0.25) is 0 Å². The molecule has 0 bridgehead atoms. The normalized spacial score (nSPS) is 10.5. The molecule has 0 saturated heterocycles. The van der Waals surface area contributed by atoms with Crippen molar-refractivity contribution in [3.05, 3.63) is 58.2 Å². The fraction of sp³-hybridized carbons (Fsp3) is 0. The van der Waals surface area contributed by atoms with Crippen LogP contribution in [0, 0.1) is 5.41 Å². The monoisotopic (exact) mass is 332 g/mol. The first-order valence-electron chi connectivity index (χ1n) is 6.31. The molecule has 0 radical (unpaired) electrons. The van der Waals surface area contributed by atoms with Gasteiger partial charge in [0.15, 0.2) is 0 Å². The van der Waals surface area contributed by atoms with Gasteiger partial charge in [0.1, 0.15) is 22.9 Å². The van der Waals surface area contributed by atoms with E-state index in [9.17, 15) is 0 Å². The first-order valence-corrected chi connectivity index (χ1v) is 7.07. The van der Waals surface area contributed by atoms with Crippen molar-refractivity contribution >= 4 is 29.4 Å². The van der Waals surface area contributed by atoms with Gasteiger partial charge in [0.2, 0.25) is 0 Å². The summed E-state index contributed by atoms with van der Waals surface area (Å²) in [4.78, 5) is 0. The van der Waals surface area contributed by atoms with Crippen molar-refractivity contribution in [2.24, 2.45) is 0 Å². The third-order valence-corrected chi connectivity index (χ3v) is 3.33. The molecule has 110 valence electrons. The third-order valence-electron chi connectivity index (χ3n) is 2.89. The van der Waals surface area contributed by atoms with Crippen molar-refractivity contribution in [2.45, 2.75) is 0 Å². The Morgan fingerprint density at radius 1 is 1.00 bits per heavy atom. The first kappa shape index (κ1) is 14.6. The number of hydrogen-bond donors (Lipinski definition) is 2. The molecule has 1 heterocycles. The van der Waals surface area contributed by atoms with Crippen molar-refractivity contribution in [3.63, 3.8) is 0 Å². The van der Waals surface area contributed by atoms with Crippen LogP contribution in [-0.2, 0) is 0 Å². The average Bonchev–Trinajstić information content (AvgIpc) is 2.95. The molecule has 5 nitrogen and oxygen atoms in total. The van der Waals surface area contributed by atoms with E-state index in [2.05, 4.69) is 15.4 Å². The van der Waals surface area contributed by atoms with Gasteiger partial charge in [-0.1, -0.05) is 35.3 Å². The van der Waals surface area contributed by atoms with Crippen LogP contribution in [0.1, 0.15) is 5.69 Å². The number of hydrogen-bond acceptors (Lipinski definition) is 4. The maximum atomic E-state index is 7.32. The molecular weight excluding hydrogens is 323 g/mol. The summed E-state index contributed by atoms with van der Waals surface area (Å²) in [5.41, 5.74) is 1.84. The summed E-state index contributed by atoms with van der Waals surface area (Å²) in [5, 5.41) is 18.8. The number of rotatable bonds is 4. The Morgan fingerprint density at radius 3 is 2.50 bits per heavy atom. The minimum atomic E-state index is 0.461. The maximum Gasteiger partial charge on any atom is 0.131 e. The van der Waals surface area contributed by atoms with Crippen LogP contribution in [-0.4, -0.2) is 21.6 Å². The molecule has 22 heavy (non-hydrogen) atoms. The van der Waals surface area contributed by atoms with Crippen molar-refractivity contribution in [1.82, 2.24) is 15.4 Å². The topological polar surface area (TPSA) is 74.7 Å². The van der Waals surface area contributed by atoms with Gasteiger partial charge in [0.25, 0.3) is 0 Å². The molecule has 2 N–H and O–H groups in total. The van der Waals surface area contributed by atoms with Crippen LogP contribution >= 0.6 is 23.2 Å². The summed E-state index contributed by atoms with van der Waals surface area (Å²) in [6, 6.07) is 12.3. The minimum Gasteiger partial charge on any atom is -0.457 e. The summed E-state index contributed by atoms with van der Waals surface area (Å²) in [6.45, 7) is 0. The maximum absolute atomic E-state index is 7.32. The molecule has 0 unspecified atom stereocenters. The molecule has 3 rings (SSSR count). The van der Waals surface area contributed by atoms with Crippen LogP contribution in [0.4, 0.5) is 0 Å². The Hall–Kier alpha value is -2.37. The standard InChI is InChI=1S/C15H10Cl2N4O/c16-10-5-11(17)7-13(6-10)22-12-3-1-2-9(4-12)15-14(8-18)19-21-20-15/h1-8,18H,(H,19,20,21). The highest BCUT2D eigenvalue weighted by atomic mass is 35.5. The lowest BCUT2D eigenvalue weighted by Gasteiger charge is -2.08. The Labute approximate surface area is 136 Å². The molecule has 7 heteroatoms. The SMILES string of the molecule is N=Cc1n[nH]nc1-c1cccc(Oc2cc(Cl)cc(Cl)c2)c1. The lowest BCUT2D eigenvalue weighted by molar-refractivity contribution is 0.483. The smallest absolute Gasteiger partial charge is 0.131 e. The van der Waals surface area contributed by atoms with Crippen LogP contribution in [0.5, 0.6) is 11.5 Å². The predicted octanol–water partition coefficient (Wildman–Crippen LogP) is 4.57. The highest BCUT2D eigenvalue weighted by Crippen LogP contribution is 2.30. The first-order chi connectivity index (χ1) is 10.7. The number of halogens is 2. The molecule has 0 aliphatic rings. The number of nitrogens with zero attached hydrogens (tertiary/aromatic N) is 2. The number of aromatic nitrogens is 3. The number of nitrogens with one attached hydrogen (secondary N) is 2. The van der Waals surface area contributed by atoms with Crippen LogP contribution in [0.3, 0.4) is 0 Å². The highest BCUT2D eigenvalue weighted by molar-refractivity contribution is 6.34. The van der Waals surface area contributed by atoms with Crippen LogP contribution in [0.25, 0.3) is 11.3 Å². The zero-order valence-electron chi connectivity index (χ0n) is 11.2. The molecule has 0 aliphatic heterocycles. The predicted molar refractivity (Wildman–Crippen MR) is 86.2 cm³/mol. The van der Waals surface area contributed by atoms with E-state index in [4.69, 9.17) is 33.3 Å². The van der Waals surface area contributed by atoms with Gasteiger partial charge in [0.05, 0.1) is 0 Å². The second kappa shape index (κ2) is 6.17. The molecular formula is C15H10Cl2N4O. The van der Waals surface area contributed by atoms with Crippen LogP contribution in [0.2, 0.25) is 10.0 Å². The number of aromatic amines is 1. The number of benzene rings is 2. The Kier molecular flexibility index (Phi) is 4.09. The lowest BCUT2D eigenvalue weighted by Crippen LogP contribution is -1.88. The van der Waals surface area contributed by atoms with Gasteiger partial charge in [0, 0.05) is 21.8 Å². The van der Waals surface area contributed by atoms with Gasteiger partial charge in [-0.2, -0.15) is 15.4 Å². The van der Waals surface area contributed by atoms with Crippen LogP contribution in [0.15, 0.2) is 42.5 Å². The molecule has 1 aromatic heterocycles. The van der Waals surface area contributed by atoms with Crippen molar-refractivity contribution in [3.8, 4) is 22.8 Å². The summed E-state index contributed by atoms with van der Waals surface area (Å²) in [5.74, 6) is 1.15. The van der Waals surface area contributed by atoms with E-state index in [0.29, 0.717) is 32.9 Å². The third kappa shape index (κ3) is 3.10. The minimum absolute atomic E-state index is 0.461. The summed E-state index contributed by atoms with van der Waals surface area (Å²) < 4.78 is 5.77. The molecule has 2 aromatic carbocycles.